The molecule has 1 atom stereocenters. The first kappa shape index (κ1) is 10.9. The van der Waals surface area contributed by atoms with Gasteiger partial charge in [-0.05, 0) is 31.4 Å². The summed E-state index contributed by atoms with van der Waals surface area (Å²) < 4.78 is 0. The molecule has 0 spiro atoms. The molecule has 0 aliphatic heterocycles. The number of nitrogens with zero attached hydrogens (tertiary/aromatic N) is 1. The van der Waals surface area contributed by atoms with Crippen molar-refractivity contribution in [3.63, 3.8) is 0 Å². The van der Waals surface area contributed by atoms with Gasteiger partial charge >= 0.3 is 0 Å². The molecule has 0 amide bonds. The van der Waals surface area contributed by atoms with E-state index in [1.54, 1.807) is 0 Å². The van der Waals surface area contributed by atoms with Crippen LogP contribution in [0.5, 0.6) is 0 Å². The number of nitrogens with two attached hydrogens (primary N) is 1. The third-order valence-electron chi connectivity index (χ3n) is 2.18. The zero-order valence-electron chi connectivity index (χ0n) is 8.52. The molecular weight excluding hydrogens is 172 g/mol. The maximum atomic E-state index is 5.97. The Hall–Kier alpha value is -1.15. The van der Waals surface area contributed by atoms with Crippen molar-refractivity contribution in [3.05, 3.63) is 42.7 Å². The third-order valence-corrected chi connectivity index (χ3v) is 2.18. The fraction of sp³-hybridized carbons (Fsp3) is 0.417. The molecule has 14 heavy (non-hydrogen) atoms. The van der Waals surface area contributed by atoms with E-state index in [1.807, 2.05) is 30.5 Å². The van der Waals surface area contributed by atoms with Crippen LogP contribution in [0.4, 0.5) is 0 Å². The normalized spacial score (nSPS) is 12.4. The number of rotatable bonds is 6. The van der Waals surface area contributed by atoms with Crippen LogP contribution < -0.4 is 5.73 Å². The van der Waals surface area contributed by atoms with Crippen molar-refractivity contribution in [1.82, 2.24) is 4.98 Å². The standard InChI is InChI=1S/C12H18N2/c1-2-3-4-7-11(13)10-12-8-5-6-9-14-12/h2,5-6,8-9,11H,1,3-4,7,10,13H2. The van der Waals surface area contributed by atoms with Gasteiger partial charge in [0.15, 0.2) is 0 Å². The summed E-state index contributed by atoms with van der Waals surface area (Å²) in [6, 6.07) is 6.17. The second-order valence-corrected chi connectivity index (χ2v) is 3.50. The van der Waals surface area contributed by atoms with Crippen LogP contribution in [0, 0.1) is 0 Å². The van der Waals surface area contributed by atoms with E-state index in [-0.39, 0.29) is 6.04 Å². The largest absolute Gasteiger partial charge is 0.327 e. The minimum atomic E-state index is 0.227. The van der Waals surface area contributed by atoms with Crippen molar-refractivity contribution >= 4 is 0 Å². The smallest absolute Gasteiger partial charge is 0.0419 e. The SMILES string of the molecule is C=CCCCC(N)Cc1ccccn1. The van der Waals surface area contributed by atoms with Crippen molar-refractivity contribution in [2.75, 3.05) is 0 Å². The molecule has 1 heterocycles. The highest BCUT2D eigenvalue weighted by atomic mass is 14.7. The second-order valence-electron chi connectivity index (χ2n) is 3.50. The number of aromatic nitrogens is 1. The maximum Gasteiger partial charge on any atom is 0.0419 e. The van der Waals surface area contributed by atoms with E-state index < -0.39 is 0 Å². The van der Waals surface area contributed by atoms with Crippen LogP contribution in [-0.4, -0.2) is 11.0 Å². The molecule has 1 unspecified atom stereocenters. The van der Waals surface area contributed by atoms with Gasteiger partial charge in [0.25, 0.3) is 0 Å². The first-order valence-corrected chi connectivity index (χ1v) is 5.09. The number of allylic oxidation sites excluding steroid dienone is 1. The van der Waals surface area contributed by atoms with E-state index in [9.17, 15) is 0 Å². The minimum Gasteiger partial charge on any atom is -0.327 e. The summed E-state index contributed by atoms with van der Waals surface area (Å²) in [5, 5.41) is 0. The monoisotopic (exact) mass is 190 g/mol. The van der Waals surface area contributed by atoms with E-state index in [0.29, 0.717) is 0 Å². The molecule has 0 bridgehead atoms. The zero-order valence-corrected chi connectivity index (χ0v) is 8.52. The number of hydrogen-bond acceptors (Lipinski definition) is 2. The van der Waals surface area contributed by atoms with E-state index in [4.69, 9.17) is 5.73 Å². The number of pyridine rings is 1. The van der Waals surface area contributed by atoms with Gasteiger partial charge in [0.05, 0.1) is 0 Å². The van der Waals surface area contributed by atoms with Gasteiger partial charge in [0.2, 0.25) is 0 Å². The van der Waals surface area contributed by atoms with Crippen LogP contribution in [-0.2, 0) is 6.42 Å². The highest BCUT2D eigenvalue weighted by molar-refractivity contribution is 5.04. The van der Waals surface area contributed by atoms with Crippen LogP contribution in [0.2, 0.25) is 0 Å². The Morgan fingerprint density at radius 3 is 3.00 bits per heavy atom. The molecule has 1 rings (SSSR count). The molecule has 1 aromatic rings. The Morgan fingerprint density at radius 1 is 1.50 bits per heavy atom. The molecule has 1 aromatic heterocycles. The highest BCUT2D eigenvalue weighted by Gasteiger charge is 2.03. The van der Waals surface area contributed by atoms with Crippen molar-refractivity contribution in [2.24, 2.45) is 5.73 Å². The number of unbranched alkanes of at least 4 members (excludes halogenated alkanes) is 1. The van der Waals surface area contributed by atoms with Crippen molar-refractivity contribution < 1.29 is 0 Å². The van der Waals surface area contributed by atoms with E-state index >= 15 is 0 Å². The Kier molecular flexibility index (Phi) is 4.94. The Morgan fingerprint density at radius 2 is 2.36 bits per heavy atom. The van der Waals surface area contributed by atoms with Crippen LogP contribution in [0.1, 0.15) is 25.0 Å². The van der Waals surface area contributed by atoms with Gasteiger partial charge in [-0.15, -0.1) is 6.58 Å². The zero-order chi connectivity index (χ0) is 10.2. The molecule has 0 radical (unpaired) electrons. The first-order valence-electron chi connectivity index (χ1n) is 5.09. The average molecular weight is 190 g/mol. The summed E-state index contributed by atoms with van der Waals surface area (Å²) in [6.07, 6.45) is 7.84. The van der Waals surface area contributed by atoms with Crippen LogP contribution in [0.25, 0.3) is 0 Å². The quantitative estimate of drug-likeness (QED) is 0.552. The van der Waals surface area contributed by atoms with Crippen LogP contribution in [0.3, 0.4) is 0 Å². The lowest BCUT2D eigenvalue weighted by Crippen LogP contribution is -2.22. The molecule has 0 fully saturated rings. The summed E-state index contributed by atoms with van der Waals surface area (Å²) in [5.41, 5.74) is 7.05. The topological polar surface area (TPSA) is 38.9 Å². The molecule has 2 nitrogen and oxygen atoms in total. The van der Waals surface area contributed by atoms with Crippen LogP contribution in [0.15, 0.2) is 37.1 Å². The molecule has 76 valence electrons. The average Bonchev–Trinajstić information content (AvgIpc) is 2.20. The lowest BCUT2D eigenvalue weighted by atomic mass is 10.1. The van der Waals surface area contributed by atoms with Gasteiger partial charge in [0, 0.05) is 24.4 Å². The molecule has 0 saturated carbocycles. The summed E-state index contributed by atoms with van der Waals surface area (Å²) in [7, 11) is 0. The highest BCUT2D eigenvalue weighted by Crippen LogP contribution is 2.04. The Labute approximate surface area is 85.9 Å². The van der Waals surface area contributed by atoms with Crippen molar-refractivity contribution in [3.8, 4) is 0 Å². The predicted molar refractivity (Wildman–Crippen MR) is 60.0 cm³/mol. The van der Waals surface area contributed by atoms with Gasteiger partial charge in [-0.25, -0.2) is 0 Å². The van der Waals surface area contributed by atoms with E-state index in [0.717, 1.165) is 31.4 Å². The third kappa shape index (κ3) is 4.19. The lowest BCUT2D eigenvalue weighted by molar-refractivity contribution is 0.578. The van der Waals surface area contributed by atoms with E-state index in [1.165, 1.54) is 0 Å². The fourth-order valence-corrected chi connectivity index (χ4v) is 1.41. The van der Waals surface area contributed by atoms with Gasteiger partial charge in [-0.3, -0.25) is 4.98 Å². The molecule has 2 N–H and O–H groups in total. The summed E-state index contributed by atoms with van der Waals surface area (Å²) in [5.74, 6) is 0. The fourth-order valence-electron chi connectivity index (χ4n) is 1.41. The second kappa shape index (κ2) is 6.33. The molecule has 0 saturated heterocycles. The van der Waals surface area contributed by atoms with Crippen molar-refractivity contribution in [2.45, 2.75) is 31.7 Å². The molecule has 2 heteroatoms. The summed E-state index contributed by atoms with van der Waals surface area (Å²) in [6.45, 7) is 3.69. The van der Waals surface area contributed by atoms with Gasteiger partial charge in [-0.2, -0.15) is 0 Å². The summed E-state index contributed by atoms with van der Waals surface area (Å²) in [4.78, 5) is 4.25. The molecule has 0 aromatic carbocycles. The minimum absolute atomic E-state index is 0.227. The Balaban J connectivity index is 2.26. The van der Waals surface area contributed by atoms with Gasteiger partial charge < -0.3 is 5.73 Å². The Bertz CT molecular complexity index is 256. The maximum absolute atomic E-state index is 5.97. The number of hydrogen-bond donors (Lipinski definition) is 1. The van der Waals surface area contributed by atoms with Crippen LogP contribution >= 0.6 is 0 Å². The lowest BCUT2D eigenvalue weighted by Gasteiger charge is -2.09. The van der Waals surface area contributed by atoms with Gasteiger partial charge in [0.1, 0.15) is 0 Å². The van der Waals surface area contributed by atoms with E-state index in [2.05, 4.69) is 11.6 Å². The first-order chi connectivity index (χ1) is 6.83. The molecule has 0 aliphatic carbocycles. The summed E-state index contributed by atoms with van der Waals surface area (Å²) >= 11 is 0. The predicted octanol–water partition coefficient (Wildman–Crippen LogP) is 2.31. The molecular formula is C12H18N2. The molecule has 0 aliphatic rings. The van der Waals surface area contributed by atoms with Crippen molar-refractivity contribution in [1.29, 1.82) is 0 Å². The van der Waals surface area contributed by atoms with Gasteiger partial charge in [-0.1, -0.05) is 12.1 Å².